The Morgan fingerprint density at radius 1 is 1.13 bits per heavy atom. The number of rotatable bonds is 10. The Morgan fingerprint density at radius 2 is 1.76 bits per heavy atom. The van der Waals surface area contributed by atoms with Crippen LogP contribution in [-0.4, -0.2) is 62.0 Å². The molecule has 0 radical (unpaired) electrons. The van der Waals surface area contributed by atoms with Gasteiger partial charge in [-0.1, -0.05) is 19.1 Å². The summed E-state index contributed by atoms with van der Waals surface area (Å²) in [5, 5.41) is 2.78. The number of carbonyl (C=O) groups excluding carboxylic acids is 1. The molecule has 0 saturated carbocycles. The number of nitrogens with zero attached hydrogens (tertiary/aromatic N) is 2. The summed E-state index contributed by atoms with van der Waals surface area (Å²) in [4.78, 5) is 15.0. The van der Waals surface area contributed by atoms with Crippen LogP contribution < -0.4 is 5.32 Å². The molecule has 1 atom stereocenters. The Hall–Kier alpha value is -2.14. The molecule has 1 N–H and O–H groups in total. The average molecular weight is 576 g/mol. The molecule has 212 valence electrons. The Morgan fingerprint density at radius 3 is 2.32 bits per heavy atom. The number of sulfonamides is 1. The summed E-state index contributed by atoms with van der Waals surface area (Å²) in [5.74, 6) is -0.0201. The van der Waals surface area contributed by atoms with E-state index in [1.165, 1.54) is 18.4 Å². The lowest BCUT2D eigenvalue weighted by molar-refractivity contribution is -0.137. The minimum absolute atomic E-state index is 0. The maximum absolute atomic E-state index is 12.8. The molecule has 2 aromatic carbocycles. The van der Waals surface area contributed by atoms with Crippen LogP contribution in [0.15, 0.2) is 48.5 Å². The van der Waals surface area contributed by atoms with Crippen LogP contribution in [0.3, 0.4) is 0 Å². The maximum Gasteiger partial charge on any atom is 0.416 e. The zero-order chi connectivity index (χ0) is 27.2. The van der Waals surface area contributed by atoms with Crippen LogP contribution >= 0.6 is 12.4 Å². The van der Waals surface area contributed by atoms with Gasteiger partial charge in [0.05, 0.1) is 11.8 Å². The number of amides is 1. The normalized spacial score (nSPS) is 16.2. The molecule has 1 amide bonds. The largest absolute Gasteiger partial charge is 0.416 e. The Kier molecular flexibility index (Phi) is 11.6. The molecular formula is C27H37ClF3N3O3S. The molecule has 6 nitrogen and oxygen atoms in total. The molecule has 0 bridgehead atoms. The summed E-state index contributed by atoms with van der Waals surface area (Å²) >= 11 is 0. The highest BCUT2D eigenvalue weighted by Crippen LogP contribution is 2.29. The quantitative estimate of drug-likeness (QED) is 0.395. The molecule has 11 heteroatoms. The standard InChI is InChI=1S/C27H36F3N3O3S.ClH/c1-4-14-32(19-21-12-15-33(16-13-21)37(3,35)36)20(2)17-22-6-5-7-25(18-22)31-26(34)23-8-10-24(11-9-23)27(28,29)30;/h5-11,18,20-21H,4,12-17,19H2,1-3H3,(H,31,34);1H/t20-;/m1./s1. The highest BCUT2D eigenvalue weighted by atomic mass is 35.5. The summed E-state index contributed by atoms with van der Waals surface area (Å²) in [7, 11) is -3.14. The second kappa shape index (κ2) is 13.8. The van der Waals surface area contributed by atoms with Crippen LogP contribution in [0.2, 0.25) is 0 Å². The number of alkyl halides is 3. The van der Waals surface area contributed by atoms with Gasteiger partial charge in [0.15, 0.2) is 0 Å². The van der Waals surface area contributed by atoms with E-state index in [2.05, 4.69) is 24.1 Å². The number of anilines is 1. The molecule has 3 rings (SSSR count). The zero-order valence-corrected chi connectivity index (χ0v) is 23.6. The van der Waals surface area contributed by atoms with Crippen molar-refractivity contribution in [2.75, 3.05) is 37.8 Å². The lowest BCUT2D eigenvalue weighted by Crippen LogP contribution is -2.44. The fourth-order valence-corrected chi connectivity index (χ4v) is 5.67. The molecule has 1 saturated heterocycles. The fraction of sp³-hybridized carbons (Fsp3) is 0.519. The van der Waals surface area contributed by atoms with Crippen molar-refractivity contribution in [1.29, 1.82) is 0 Å². The molecule has 1 aliphatic rings. The third-order valence-corrected chi connectivity index (χ3v) is 8.16. The van der Waals surface area contributed by atoms with Gasteiger partial charge in [0.25, 0.3) is 5.91 Å². The molecule has 38 heavy (non-hydrogen) atoms. The van der Waals surface area contributed by atoms with Gasteiger partial charge in [-0.05, 0) is 87.0 Å². The van der Waals surface area contributed by atoms with Crippen molar-refractivity contribution in [3.05, 3.63) is 65.2 Å². The van der Waals surface area contributed by atoms with Crippen LogP contribution in [0.4, 0.5) is 18.9 Å². The van der Waals surface area contributed by atoms with E-state index in [0.717, 1.165) is 56.5 Å². The van der Waals surface area contributed by atoms with Gasteiger partial charge >= 0.3 is 6.18 Å². The van der Waals surface area contributed by atoms with Crippen LogP contribution in [0.5, 0.6) is 0 Å². The van der Waals surface area contributed by atoms with Gasteiger partial charge in [-0.2, -0.15) is 13.2 Å². The Labute approximate surface area is 230 Å². The molecule has 0 aromatic heterocycles. The second-order valence-corrected chi connectivity index (χ2v) is 11.9. The van der Waals surface area contributed by atoms with E-state index >= 15 is 0 Å². The van der Waals surface area contributed by atoms with E-state index < -0.39 is 27.7 Å². The predicted octanol–water partition coefficient (Wildman–Crippen LogP) is 5.69. The predicted molar refractivity (Wildman–Crippen MR) is 147 cm³/mol. The van der Waals surface area contributed by atoms with Gasteiger partial charge in [0.2, 0.25) is 10.0 Å². The molecule has 1 fully saturated rings. The molecule has 1 heterocycles. The van der Waals surface area contributed by atoms with Gasteiger partial charge in [-0.3, -0.25) is 4.79 Å². The van der Waals surface area contributed by atoms with Gasteiger partial charge in [0.1, 0.15) is 0 Å². The summed E-state index contributed by atoms with van der Waals surface area (Å²) < 4.78 is 63.5. The highest BCUT2D eigenvalue weighted by molar-refractivity contribution is 7.88. The highest BCUT2D eigenvalue weighted by Gasteiger charge is 2.30. The van der Waals surface area contributed by atoms with E-state index in [1.54, 1.807) is 10.4 Å². The number of carbonyl (C=O) groups is 1. The van der Waals surface area contributed by atoms with Gasteiger partial charge in [-0.25, -0.2) is 12.7 Å². The first-order valence-electron chi connectivity index (χ1n) is 12.6. The van der Waals surface area contributed by atoms with Gasteiger partial charge in [0, 0.05) is 36.9 Å². The van der Waals surface area contributed by atoms with E-state index in [0.29, 0.717) is 24.7 Å². The van der Waals surface area contributed by atoms with Gasteiger partial charge in [-0.15, -0.1) is 12.4 Å². The van der Waals surface area contributed by atoms with E-state index in [4.69, 9.17) is 0 Å². The van der Waals surface area contributed by atoms with Crippen molar-refractivity contribution in [3.63, 3.8) is 0 Å². The van der Waals surface area contributed by atoms with Crippen molar-refractivity contribution in [1.82, 2.24) is 9.21 Å². The maximum atomic E-state index is 12.8. The van der Waals surface area contributed by atoms with Crippen LogP contribution in [0, 0.1) is 5.92 Å². The summed E-state index contributed by atoms with van der Waals surface area (Å²) in [6.07, 6.45) is 0.302. The third kappa shape index (κ3) is 9.25. The van der Waals surface area contributed by atoms with Crippen LogP contribution in [-0.2, 0) is 22.6 Å². The molecule has 0 spiro atoms. The molecule has 1 aliphatic heterocycles. The van der Waals surface area contributed by atoms with E-state index in [1.807, 2.05) is 18.2 Å². The van der Waals surface area contributed by atoms with Crippen molar-refractivity contribution in [2.24, 2.45) is 5.92 Å². The number of halogens is 4. The summed E-state index contributed by atoms with van der Waals surface area (Å²) in [6.45, 7) is 7.31. The van der Waals surface area contributed by atoms with Gasteiger partial charge < -0.3 is 10.2 Å². The lowest BCUT2D eigenvalue weighted by Gasteiger charge is -2.36. The zero-order valence-electron chi connectivity index (χ0n) is 22.0. The number of hydrogen-bond acceptors (Lipinski definition) is 4. The minimum atomic E-state index is -4.45. The van der Waals surface area contributed by atoms with Crippen LogP contribution in [0.25, 0.3) is 0 Å². The number of nitrogens with one attached hydrogen (secondary N) is 1. The Balaban J connectivity index is 0.00000507. The first-order valence-corrected chi connectivity index (χ1v) is 14.5. The van der Waals surface area contributed by atoms with Crippen molar-refractivity contribution < 1.29 is 26.4 Å². The molecular weight excluding hydrogens is 539 g/mol. The van der Waals surface area contributed by atoms with E-state index in [9.17, 15) is 26.4 Å². The Bertz CT molecular complexity index is 1150. The van der Waals surface area contributed by atoms with Crippen LogP contribution in [0.1, 0.15) is 54.6 Å². The third-order valence-electron chi connectivity index (χ3n) is 6.86. The number of hydrogen-bond donors (Lipinski definition) is 1. The monoisotopic (exact) mass is 575 g/mol. The number of benzene rings is 2. The second-order valence-electron chi connectivity index (χ2n) is 9.88. The van der Waals surface area contributed by atoms with E-state index in [-0.39, 0.29) is 24.0 Å². The van der Waals surface area contributed by atoms with Crippen molar-refractivity contribution >= 4 is 34.0 Å². The molecule has 0 aliphatic carbocycles. The summed E-state index contributed by atoms with van der Waals surface area (Å²) in [6, 6.07) is 11.9. The first kappa shape index (κ1) is 32.1. The fourth-order valence-electron chi connectivity index (χ4n) is 4.79. The molecule has 2 aromatic rings. The smallest absolute Gasteiger partial charge is 0.322 e. The first-order chi connectivity index (χ1) is 17.4. The minimum Gasteiger partial charge on any atom is -0.322 e. The lowest BCUT2D eigenvalue weighted by atomic mass is 9.96. The summed E-state index contributed by atoms with van der Waals surface area (Å²) in [5.41, 5.74) is 0.996. The van der Waals surface area contributed by atoms with Crippen molar-refractivity contribution in [2.45, 2.75) is 51.7 Å². The average Bonchev–Trinajstić information content (AvgIpc) is 2.83. The SMILES string of the molecule is CCCN(CC1CCN(S(C)(=O)=O)CC1)[C@H](C)Cc1cccc(NC(=O)c2ccc(C(F)(F)F)cc2)c1.Cl. The number of piperidine rings is 1. The molecule has 0 unspecified atom stereocenters. The topological polar surface area (TPSA) is 69.7 Å². The van der Waals surface area contributed by atoms with Crippen molar-refractivity contribution in [3.8, 4) is 0 Å².